The quantitative estimate of drug-likeness (QED) is 0.0477. The van der Waals surface area contributed by atoms with Gasteiger partial charge in [-0.25, -0.2) is 0 Å². The van der Waals surface area contributed by atoms with Crippen LogP contribution in [-0.4, -0.2) is 140 Å². The number of aliphatic hydroxyl groups is 8. The summed E-state index contributed by atoms with van der Waals surface area (Å²) in [4.78, 5) is 12.6. The van der Waals surface area contributed by atoms with Gasteiger partial charge in [0.2, 0.25) is 5.91 Å². The summed E-state index contributed by atoms with van der Waals surface area (Å²) in [5.41, 5.74) is 0. The number of unbranched alkanes of at least 4 members (excludes halogenated alkanes) is 8. The Morgan fingerprint density at radius 1 is 0.686 bits per heavy atom. The smallest absolute Gasteiger partial charge is 0.220 e. The maximum atomic E-state index is 12.6. The summed E-state index contributed by atoms with van der Waals surface area (Å²) in [6.07, 6.45) is 7.74. The van der Waals surface area contributed by atoms with Crippen LogP contribution in [0, 0.1) is 0 Å². The molecule has 0 bridgehead atoms. The number of hydrogen-bond donors (Lipinski definition) is 9. The monoisotopic (exact) mass is 731 g/mol. The molecule has 12 unspecified atom stereocenters. The highest BCUT2D eigenvalue weighted by Gasteiger charge is 2.50. The summed E-state index contributed by atoms with van der Waals surface area (Å²) in [5, 5.41) is 85.3. The van der Waals surface area contributed by atoms with E-state index in [1.807, 2.05) is 13.0 Å². The van der Waals surface area contributed by atoms with E-state index < -0.39 is 86.8 Å². The lowest BCUT2D eigenvalue weighted by Gasteiger charge is -2.46. The van der Waals surface area contributed by atoms with E-state index >= 15 is 0 Å². The van der Waals surface area contributed by atoms with Crippen molar-refractivity contribution in [2.45, 2.75) is 171 Å². The second-order valence-corrected chi connectivity index (χ2v) is 13.3. The van der Waals surface area contributed by atoms with Crippen LogP contribution in [0.4, 0.5) is 0 Å². The first kappa shape index (κ1) is 45.4. The van der Waals surface area contributed by atoms with Gasteiger partial charge in [0.25, 0.3) is 0 Å². The molecule has 14 nitrogen and oxygen atoms in total. The van der Waals surface area contributed by atoms with Crippen molar-refractivity contribution in [3.63, 3.8) is 0 Å². The molecule has 2 aliphatic heterocycles. The SMILES string of the molecule is CCCCCCC/C=C/CC/C=C/CC/C=C/C(O)C(COC1OC(CO)C(OC2OC(CO)C(O)C(O)C2O)C(O)C1O)NC(=O)CCCC. The second kappa shape index (κ2) is 26.1. The van der Waals surface area contributed by atoms with E-state index in [9.17, 15) is 45.6 Å². The molecule has 12 atom stereocenters. The van der Waals surface area contributed by atoms with Crippen LogP contribution in [0.25, 0.3) is 0 Å². The predicted molar refractivity (Wildman–Crippen MR) is 189 cm³/mol. The Morgan fingerprint density at radius 2 is 1.25 bits per heavy atom. The third-order valence-corrected chi connectivity index (χ3v) is 9.06. The van der Waals surface area contributed by atoms with Gasteiger partial charge >= 0.3 is 0 Å². The molecule has 0 saturated carbocycles. The van der Waals surface area contributed by atoms with E-state index in [-0.39, 0.29) is 18.9 Å². The normalized spacial score (nSPS) is 31.5. The summed E-state index contributed by atoms with van der Waals surface area (Å²) < 4.78 is 22.3. The first-order chi connectivity index (χ1) is 24.6. The van der Waals surface area contributed by atoms with Crippen LogP contribution in [0.5, 0.6) is 0 Å². The van der Waals surface area contributed by atoms with Crippen molar-refractivity contribution in [3.05, 3.63) is 36.5 Å². The third kappa shape index (κ3) is 16.0. The minimum absolute atomic E-state index is 0.243. The van der Waals surface area contributed by atoms with Crippen molar-refractivity contribution in [2.24, 2.45) is 0 Å². The van der Waals surface area contributed by atoms with Gasteiger partial charge in [-0.1, -0.05) is 82.4 Å². The van der Waals surface area contributed by atoms with Crippen molar-refractivity contribution in [1.29, 1.82) is 0 Å². The Bertz CT molecular complexity index is 1010. The van der Waals surface area contributed by atoms with Crippen molar-refractivity contribution >= 4 is 5.91 Å². The minimum Gasteiger partial charge on any atom is -0.394 e. The number of carbonyl (C=O) groups excluding carboxylic acids is 1. The number of rotatable bonds is 25. The fraction of sp³-hybridized carbons (Fsp3) is 0.811. The van der Waals surface area contributed by atoms with Crippen LogP contribution in [0.1, 0.15) is 97.3 Å². The summed E-state index contributed by atoms with van der Waals surface area (Å²) in [6, 6.07) is -0.928. The summed E-state index contributed by atoms with van der Waals surface area (Å²) >= 11 is 0. The van der Waals surface area contributed by atoms with Gasteiger partial charge in [-0.05, 0) is 44.9 Å². The third-order valence-electron chi connectivity index (χ3n) is 9.06. The predicted octanol–water partition coefficient (Wildman–Crippen LogP) is 1.25. The maximum Gasteiger partial charge on any atom is 0.220 e. The van der Waals surface area contributed by atoms with E-state index in [2.05, 4.69) is 36.5 Å². The number of nitrogens with one attached hydrogen (secondary N) is 1. The second-order valence-electron chi connectivity index (χ2n) is 13.3. The van der Waals surface area contributed by atoms with Crippen molar-refractivity contribution in [3.8, 4) is 0 Å². The van der Waals surface area contributed by atoms with E-state index in [1.165, 1.54) is 32.1 Å². The van der Waals surface area contributed by atoms with Crippen LogP contribution in [0.3, 0.4) is 0 Å². The largest absolute Gasteiger partial charge is 0.394 e. The first-order valence-corrected chi connectivity index (χ1v) is 18.7. The lowest BCUT2D eigenvalue weighted by Crippen LogP contribution is -2.65. The Kier molecular flexibility index (Phi) is 23.2. The Labute approximate surface area is 302 Å². The van der Waals surface area contributed by atoms with Gasteiger partial charge in [0.1, 0.15) is 48.8 Å². The molecule has 2 heterocycles. The van der Waals surface area contributed by atoms with E-state index in [4.69, 9.17) is 18.9 Å². The molecule has 2 fully saturated rings. The zero-order valence-corrected chi connectivity index (χ0v) is 30.3. The number of carbonyl (C=O) groups is 1. The van der Waals surface area contributed by atoms with Gasteiger partial charge < -0.3 is 65.1 Å². The van der Waals surface area contributed by atoms with Gasteiger partial charge in [-0.2, -0.15) is 0 Å². The molecule has 14 heteroatoms. The van der Waals surface area contributed by atoms with Gasteiger partial charge in [-0.15, -0.1) is 0 Å². The van der Waals surface area contributed by atoms with E-state index in [1.54, 1.807) is 6.08 Å². The molecule has 0 aromatic heterocycles. The lowest BCUT2D eigenvalue weighted by atomic mass is 9.97. The highest BCUT2D eigenvalue weighted by molar-refractivity contribution is 5.76. The number of ether oxygens (including phenoxy) is 4. The molecule has 2 saturated heterocycles. The number of aliphatic hydroxyl groups excluding tert-OH is 8. The standard InChI is InChI=1S/C37H65NO13/c1-3-5-7-8-9-10-11-12-13-14-15-16-17-18-19-20-26(41)25(38-29(42)21-6-4-2)24-48-36-34(47)32(45)35(28(23-40)50-36)51-37-33(46)31(44)30(43)27(22-39)49-37/h11-12,15-16,19-20,25-28,30-37,39-41,43-47H,3-10,13-14,17-18,21-24H2,1-2H3,(H,38,42)/b12-11+,16-15+,20-19+. The highest BCUT2D eigenvalue weighted by atomic mass is 16.7. The zero-order chi connectivity index (χ0) is 37.6. The molecule has 2 rings (SSSR count). The summed E-state index contributed by atoms with van der Waals surface area (Å²) in [6.45, 7) is 2.42. The molecule has 0 spiro atoms. The van der Waals surface area contributed by atoms with Crippen LogP contribution in [0.15, 0.2) is 36.5 Å². The number of allylic oxidation sites excluding steroid dienone is 5. The van der Waals surface area contributed by atoms with Crippen LogP contribution in [0.2, 0.25) is 0 Å². The molecule has 51 heavy (non-hydrogen) atoms. The average Bonchev–Trinajstić information content (AvgIpc) is 3.13. The molecule has 0 aliphatic carbocycles. The van der Waals surface area contributed by atoms with Crippen molar-refractivity contribution in [1.82, 2.24) is 5.32 Å². The maximum absolute atomic E-state index is 12.6. The van der Waals surface area contributed by atoms with Crippen LogP contribution < -0.4 is 5.32 Å². The van der Waals surface area contributed by atoms with Gasteiger partial charge in [-0.3, -0.25) is 4.79 Å². The molecule has 1 amide bonds. The van der Waals surface area contributed by atoms with Crippen LogP contribution in [-0.2, 0) is 23.7 Å². The summed E-state index contributed by atoms with van der Waals surface area (Å²) in [5.74, 6) is -0.294. The topological polar surface area (TPSA) is 228 Å². The number of amides is 1. The molecule has 0 aromatic carbocycles. The Hall–Kier alpha value is -1.79. The lowest BCUT2D eigenvalue weighted by molar-refractivity contribution is -0.359. The average molecular weight is 732 g/mol. The summed E-state index contributed by atoms with van der Waals surface area (Å²) in [7, 11) is 0. The molecule has 9 N–H and O–H groups in total. The Morgan fingerprint density at radius 3 is 1.88 bits per heavy atom. The number of hydrogen-bond acceptors (Lipinski definition) is 13. The zero-order valence-electron chi connectivity index (χ0n) is 30.3. The van der Waals surface area contributed by atoms with Gasteiger partial charge in [0, 0.05) is 6.42 Å². The van der Waals surface area contributed by atoms with Crippen LogP contribution >= 0.6 is 0 Å². The molecule has 296 valence electrons. The van der Waals surface area contributed by atoms with Crippen molar-refractivity contribution in [2.75, 3.05) is 19.8 Å². The molecular formula is C37H65NO13. The fourth-order valence-corrected chi connectivity index (χ4v) is 5.83. The minimum atomic E-state index is -1.79. The highest BCUT2D eigenvalue weighted by Crippen LogP contribution is 2.29. The fourth-order valence-electron chi connectivity index (χ4n) is 5.83. The van der Waals surface area contributed by atoms with E-state index in [0.717, 1.165) is 32.1 Å². The molecule has 0 aromatic rings. The molecule has 0 radical (unpaired) electrons. The molecular weight excluding hydrogens is 666 g/mol. The van der Waals surface area contributed by atoms with Gasteiger partial charge in [0.15, 0.2) is 12.6 Å². The van der Waals surface area contributed by atoms with E-state index in [0.29, 0.717) is 12.8 Å². The Balaban J connectivity index is 1.90. The van der Waals surface area contributed by atoms with Crippen molar-refractivity contribution < 1.29 is 64.6 Å². The van der Waals surface area contributed by atoms with Gasteiger partial charge in [0.05, 0.1) is 32.0 Å². The first-order valence-electron chi connectivity index (χ1n) is 18.7. The molecule has 2 aliphatic rings.